The molecule has 2 aromatic rings. The van der Waals surface area contributed by atoms with Gasteiger partial charge in [0.1, 0.15) is 5.75 Å². The fourth-order valence-corrected chi connectivity index (χ4v) is 1.84. The van der Waals surface area contributed by atoms with Gasteiger partial charge in [-0.1, -0.05) is 6.07 Å². The Bertz CT molecular complexity index is 523. The summed E-state index contributed by atoms with van der Waals surface area (Å²) in [5, 5.41) is 4.33. The molecule has 2 rings (SSSR count). The van der Waals surface area contributed by atoms with Crippen LogP contribution >= 0.6 is 0 Å². The maximum atomic E-state index is 5.57. The van der Waals surface area contributed by atoms with Crippen LogP contribution in [0.15, 0.2) is 30.5 Å². The summed E-state index contributed by atoms with van der Waals surface area (Å²) in [6.45, 7) is 0.570. The van der Waals surface area contributed by atoms with Crippen molar-refractivity contribution in [2.45, 2.75) is 6.42 Å². The maximum Gasteiger partial charge on any atom is 0.219 e. The summed E-state index contributed by atoms with van der Waals surface area (Å²) in [7, 11) is 3.27. The quantitative estimate of drug-likeness (QED) is 0.867. The van der Waals surface area contributed by atoms with Crippen LogP contribution in [0.3, 0.4) is 0 Å². The minimum atomic E-state index is 0.570. The largest absolute Gasteiger partial charge is 0.497 e. The Morgan fingerprint density at radius 2 is 2.11 bits per heavy atom. The lowest BCUT2D eigenvalue weighted by Crippen LogP contribution is -2.05. The van der Waals surface area contributed by atoms with Gasteiger partial charge >= 0.3 is 0 Å². The molecule has 0 radical (unpaired) electrons. The van der Waals surface area contributed by atoms with E-state index in [1.165, 1.54) is 0 Å². The molecule has 0 atom stereocenters. The van der Waals surface area contributed by atoms with Gasteiger partial charge in [-0.05, 0) is 25.1 Å². The number of ether oxygens (including phenoxy) is 2. The van der Waals surface area contributed by atoms with Gasteiger partial charge < -0.3 is 15.2 Å². The standard InChI is InChI=1S/C13H17N3O2/c1-17-12-5-3-4-11(8-12)16-13(18-2)10(6-7-14)9-15-16/h3-5,8-9H,6-7,14H2,1-2H3. The third kappa shape index (κ3) is 2.31. The second-order valence-corrected chi connectivity index (χ2v) is 3.83. The number of hydrogen-bond donors (Lipinski definition) is 1. The highest BCUT2D eigenvalue weighted by molar-refractivity contribution is 5.42. The molecule has 1 aromatic carbocycles. The summed E-state index contributed by atoms with van der Waals surface area (Å²) in [6.07, 6.45) is 2.53. The highest BCUT2D eigenvalue weighted by atomic mass is 16.5. The van der Waals surface area contributed by atoms with Crippen LogP contribution in [0.1, 0.15) is 5.56 Å². The lowest BCUT2D eigenvalue weighted by molar-refractivity contribution is 0.378. The van der Waals surface area contributed by atoms with Gasteiger partial charge in [-0.25, -0.2) is 4.68 Å². The molecule has 0 spiro atoms. The molecule has 0 amide bonds. The molecule has 5 nitrogen and oxygen atoms in total. The Kier molecular flexibility index (Phi) is 3.84. The van der Waals surface area contributed by atoms with Crippen LogP contribution in [-0.4, -0.2) is 30.5 Å². The average molecular weight is 247 g/mol. The summed E-state index contributed by atoms with van der Waals surface area (Å²) in [5.74, 6) is 1.50. The van der Waals surface area contributed by atoms with Crippen molar-refractivity contribution in [3.8, 4) is 17.3 Å². The monoisotopic (exact) mass is 247 g/mol. The van der Waals surface area contributed by atoms with Crippen LogP contribution in [-0.2, 0) is 6.42 Å². The molecule has 0 saturated carbocycles. The lowest BCUT2D eigenvalue weighted by atomic mass is 10.2. The summed E-state index contributed by atoms with van der Waals surface area (Å²) in [4.78, 5) is 0. The zero-order valence-corrected chi connectivity index (χ0v) is 10.6. The van der Waals surface area contributed by atoms with Crippen LogP contribution in [0.4, 0.5) is 0 Å². The van der Waals surface area contributed by atoms with E-state index in [1.54, 1.807) is 25.1 Å². The molecule has 0 aliphatic carbocycles. The topological polar surface area (TPSA) is 62.3 Å². The SMILES string of the molecule is COc1cccc(-n2ncc(CCN)c2OC)c1. The van der Waals surface area contributed by atoms with Crippen molar-refractivity contribution in [2.24, 2.45) is 5.73 Å². The smallest absolute Gasteiger partial charge is 0.219 e. The zero-order valence-electron chi connectivity index (χ0n) is 10.6. The molecule has 0 aliphatic heterocycles. The molecule has 96 valence electrons. The summed E-state index contributed by atoms with van der Waals surface area (Å²) < 4.78 is 12.3. The number of rotatable bonds is 5. The van der Waals surface area contributed by atoms with E-state index in [4.69, 9.17) is 15.2 Å². The Hall–Kier alpha value is -2.01. The first-order chi connectivity index (χ1) is 8.80. The molecular formula is C13H17N3O2. The van der Waals surface area contributed by atoms with E-state index in [0.717, 1.165) is 23.4 Å². The Balaban J connectivity index is 2.43. The summed E-state index contributed by atoms with van der Waals surface area (Å²) in [5.41, 5.74) is 7.47. The molecule has 2 N–H and O–H groups in total. The van der Waals surface area contributed by atoms with Gasteiger partial charge in [-0.2, -0.15) is 5.10 Å². The van der Waals surface area contributed by atoms with Gasteiger partial charge in [-0.3, -0.25) is 0 Å². The van der Waals surface area contributed by atoms with Gasteiger partial charge in [0.15, 0.2) is 0 Å². The lowest BCUT2D eigenvalue weighted by Gasteiger charge is -2.09. The van der Waals surface area contributed by atoms with Gasteiger partial charge in [0.25, 0.3) is 0 Å². The van der Waals surface area contributed by atoms with E-state index >= 15 is 0 Å². The van der Waals surface area contributed by atoms with Crippen LogP contribution in [0, 0.1) is 0 Å². The van der Waals surface area contributed by atoms with Crippen molar-refractivity contribution >= 4 is 0 Å². The second-order valence-electron chi connectivity index (χ2n) is 3.83. The third-order valence-electron chi connectivity index (χ3n) is 2.70. The second kappa shape index (κ2) is 5.55. The Labute approximate surface area is 106 Å². The first-order valence-electron chi connectivity index (χ1n) is 5.75. The molecule has 0 fully saturated rings. The summed E-state index contributed by atoms with van der Waals surface area (Å²) >= 11 is 0. The van der Waals surface area contributed by atoms with E-state index < -0.39 is 0 Å². The molecule has 0 aliphatic rings. The molecular weight excluding hydrogens is 230 g/mol. The predicted molar refractivity (Wildman–Crippen MR) is 69.4 cm³/mol. The highest BCUT2D eigenvalue weighted by Gasteiger charge is 2.12. The van der Waals surface area contributed by atoms with Gasteiger partial charge in [0.2, 0.25) is 5.88 Å². The molecule has 1 heterocycles. The van der Waals surface area contributed by atoms with Crippen molar-refractivity contribution < 1.29 is 9.47 Å². The van der Waals surface area contributed by atoms with Crippen LogP contribution in [0.5, 0.6) is 11.6 Å². The van der Waals surface area contributed by atoms with Crippen LogP contribution in [0.2, 0.25) is 0 Å². The van der Waals surface area contributed by atoms with Crippen molar-refractivity contribution in [1.82, 2.24) is 9.78 Å². The maximum absolute atomic E-state index is 5.57. The van der Waals surface area contributed by atoms with Crippen LogP contribution in [0.25, 0.3) is 5.69 Å². The Morgan fingerprint density at radius 1 is 1.28 bits per heavy atom. The van der Waals surface area contributed by atoms with Crippen molar-refractivity contribution in [2.75, 3.05) is 20.8 Å². The predicted octanol–water partition coefficient (Wildman–Crippen LogP) is 1.39. The third-order valence-corrected chi connectivity index (χ3v) is 2.70. The average Bonchev–Trinajstić information content (AvgIpc) is 2.82. The number of nitrogens with two attached hydrogens (primary N) is 1. The fraction of sp³-hybridized carbons (Fsp3) is 0.308. The number of nitrogens with zero attached hydrogens (tertiary/aromatic N) is 2. The number of methoxy groups -OCH3 is 2. The van der Waals surface area contributed by atoms with E-state index in [2.05, 4.69) is 5.10 Å². The first kappa shape index (κ1) is 12.4. The molecule has 18 heavy (non-hydrogen) atoms. The van der Waals surface area contributed by atoms with Crippen molar-refractivity contribution in [1.29, 1.82) is 0 Å². The first-order valence-corrected chi connectivity index (χ1v) is 5.75. The summed E-state index contributed by atoms with van der Waals surface area (Å²) in [6, 6.07) is 7.66. The fourth-order valence-electron chi connectivity index (χ4n) is 1.84. The van der Waals surface area contributed by atoms with Gasteiger partial charge in [-0.15, -0.1) is 0 Å². The molecule has 0 saturated heterocycles. The number of benzene rings is 1. The van der Waals surface area contributed by atoms with E-state index in [-0.39, 0.29) is 0 Å². The molecule has 5 heteroatoms. The van der Waals surface area contributed by atoms with Gasteiger partial charge in [0.05, 0.1) is 26.1 Å². The van der Waals surface area contributed by atoms with E-state index in [0.29, 0.717) is 12.4 Å². The minimum Gasteiger partial charge on any atom is -0.497 e. The number of aromatic nitrogens is 2. The van der Waals surface area contributed by atoms with E-state index in [9.17, 15) is 0 Å². The molecule has 1 aromatic heterocycles. The minimum absolute atomic E-state index is 0.570. The van der Waals surface area contributed by atoms with Crippen LogP contribution < -0.4 is 15.2 Å². The highest BCUT2D eigenvalue weighted by Crippen LogP contribution is 2.24. The molecule has 0 bridgehead atoms. The van der Waals surface area contributed by atoms with Crippen molar-refractivity contribution in [3.05, 3.63) is 36.0 Å². The Morgan fingerprint density at radius 3 is 2.78 bits per heavy atom. The zero-order chi connectivity index (χ0) is 13.0. The number of hydrogen-bond acceptors (Lipinski definition) is 4. The normalized spacial score (nSPS) is 10.4. The molecule has 0 unspecified atom stereocenters. The van der Waals surface area contributed by atoms with E-state index in [1.807, 2.05) is 24.3 Å². The van der Waals surface area contributed by atoms with Gasteiger partial charge in [0, 0.05) is 11.6 Å². The van der Waals surface area contributed by atoms with Crippen molar-refractivity contribution in [3.63, 3.8) is 0 Å².